The van der Waals surface area contributed by atoms with Crippen LogP contribution in [-0.4, -0.2) is 26.8 Å². The number of hydrogen-bond acceptors (Lipinski definition) is 3. The van der Waals surface area contributed by atoms with E-state index < -0.39 is 0 Å². The van der Waals surface area contributed by atoms with Crippen LogP contribution >= 0.6 is 0 Å². The fourth-order valence-electron chi connectivity index (χ4n) is 3.19. The summed E-state index contributed by atoms with van der Waals surface area (Å²) in [6, 6.07) is 9.08. The van der Waals surface area contributed by atoms with E-state index in [-0.39, 0.29) is 0 Å². The van der Waals surface area contributed by atoms with Crippen molar-refractivity contribution < 1.29 is 4.84 Å². The Hall–Kier alpha value is -1.39. The van der Waals surface area contributed by atoms with Crippen LogP contribution in [0.25, 0.3) is 11.0 Å². The van der Waals surface area contributed by atoms with Crippen molar-refractivity contribution in [2.24, 2.45) is 0 Å². The van der Waals surface area contributed by atoms with Gasteiger partial charge in [-0.05, 0) is 26.0 Å². The van der Waals surface area contributed by atoms with Crippen LogP contribution in [0.3, 0.4) is 0 Å². The minimum absolute atomic E-state index is 0.308. The zero-order valence-electron chi connectivity index (χ0n) is 10.7. The molecule has 2 aliphatic heterocycles. The molecule has 0 spiro atoms. The molecule has 2 bridgehead atoms. The van der Waals surface area contributed by atoms with Crippen molar-refractivity contribution in [1.29, 1.82) is 0 Å². The lowest BCUT2D eigenvalue weighted by atomic mass is 10.1. The lowest BCUT2D eigenvalue weighted by Crippen LogP contribution is -2.29. The molecule has 2 aliphatic rings. The highest BCUT2D eigenvalue weighted by Crippen LogP contribution is 2.41. The first-order chi connectivity index (χ1) is 8.74. The van der Waals surface area contributed by atoms with Gasteiger partial charge in [0, 0.05) is 12.5 Å². The first-order valence-corrected chi connectivity index (χ1v) is 6.64. The van der Waals surface area contributed by atoms with Crippen LogP contribution in [0.1, 0.15) is 32.1 Å². The average molecular weight is 243 g/mol. The second-order valence-corrected chi connectivity index (χ2v) is 5.50. The summed E-state index contributed by atoms with van der Waals surface area (Å²) in [7, 11) is 0. The molecule has 94 valence electrons. The zero-order chi connectivity index (χ0) is 12.3. The van der Waals surface area contributed by atoms with Gasteiger partial charge in [-0.2, -0.15) is 5.06 Å². The third-order valence-corrected chi connectivity index (χ3v) is 3.94. The van der Waals surface area contributed by atoms with E-state index in [1.807, 2.05) is 0 Å². The molecule has 0 aliphatic carbocycles. The maximum absolute atomic E-state index is 6.01. The number of para-hydroxylation sites is 2. The van der Waals surface area contributed by atoms with Gasteiger partial charge in [0.25, 0.3) is 0 Å². The van der Waals surface area contributed by atoms with Gasteiger partial charge in [-0.15, -0.1) is 0 Å². The van der Waals surface area contributed by atoms with Gasteiger partial charge in [-0.25, -0.2) is 4.98 Å². The Bertz CT molecular complexity index is 604. The SMILES string of the molecule is CC(C)N1O[C@H]2C[C@@H]1c1nc3ccccc3n1C2. The standard InChI is InChI=1S/C14H17N3O/c1-9(2)17-13-7-10(18-17)8-16-12-6-4-3-5-11(12)15-14(13)16/h3-6,9-10,13H,7-8H2,1-2H3/t10-,13+/m0/s1. The third-order valence-electron chi connectivity index (χ3n) is 3.94. The molecular weight excluding hydrogens is 226 g/mol. The summed E-state index contributed by atoms with van der Waals surface area (Å²) in [5, 5.41) is 2.12. The van der Waals surface area contributed by atoms with Gasteiger partial charge >= 0.3 is 0 Å². The highest BCUT2D eigenvalue weighted by molar-refractivity contribution is 5.76. The minimum atomic E-state index is 0.308. The predicted octanol–water partition coefficient (Wildman–Crippen LogP) is 2.51. The van der Waals surface area contributed by atoms with Crippen molar-refractivity contribution in [2.75, 3.05) is 0 Å². The number of benzene rings is 1. The van der Waals surface area contributed by atoms with E-state index in [2.05, 4.69) is 47.7 Å². The summed E-state index contributed by atoms with van der Waals surface area (Å²) < 4.78 is 2.33. The number of hydrogen-bond donors (Lipinski definition) is 0. The smallest absolute Gasteiger partial charge is 0.129 e. The van der Waals surface area contributed by atoms with Gasteiger partial charge < -0.3 is 4.57 Å². The molecule has 0 unspecified atom stereocenters. The van der Waals surface area contributed by atoms with E-state index >= 15 is 0 Å². The summed E-state index contributed by atoms with van der Waals surface area (Å²) in [5.41, 5.74) is 2.33. The Morgan fingerprint density at radius 3 is 3.00 bits per heavy atom. The molecule has 0 radical (unpaired) electrons. The molecule has 0 amide bonds. The van der Waals surface area contributed by atoms with Crippen molar-refractivity contribution in [1.82, 2.24) is 14.6 Å². The van der Waals surface area contributed by atoms with E-state index in [0.29, 0.717) is 18.2 Å². The second-order valence-electron chi connectivity index (χ2n) is 5.50. The molecular formula is C14H17N3O. The Morgan fingerprint density at radius 1 is 1.33 bits per heavy atom. The van der Waals surface area contributed by atoms with E-state index in [9.17, 15) is 0 Å². The minimum Gasteiger partial charge on any atom is -0.324 e. The number of aromatic nitrogens is 2. The number of rotatable bonds is 1. The third kappa shape index (κ3) is 1.30. The number of imidazole rings is 1. The fraction of sp³-hybridized carbons (Fsp3) is 0.500. The van der Waals surface area contributed by atoms with Crippen molar-refractivity contribution in [2.45, 2.75) is 45.0 Å². The van der Waals surface area contributed by atoms with E-state index in [4.69, 9.17) is 9.82 Å². The molecule has 1 aromatic heterocycles. The van der Waals surface area contributed by atoms with E-state index in [1.165, 1.54) is 11.3 Å². The largest absolute Gasteiger partial charge is 0.324 e. The van der Waals surface area contributed by atoms with Crippen LogP contribution in [0.15, 0.2) is 24.3 Å². The number of fused-ring (bicyclic) bond motifs is 6. The number of nitrogens with zero attached hydrogens (tertiary/aromatic N) is 3. The van der Waals surface area contributed by atoms with Crippen LogP contribution in [-0.2, 0) is 11.4 Å². The lowest BCUT2D eigenvalue weighted by molar-refractivity contribution is -0.180. The maximum atomic E-state index is 6.01. The summed E-state index contributed by atoms with van der Waals surface area (Å²) >= 11 is 0. The zero-order valence-corrected chi connectivity index (χ0v) is 10.7. The highest BCUT2D eigenvalue weighted by atomic mass is 16.7. The van der Waals surface area contributed by atoms with Crippen LogP contribution in [0.4, 0.5) is 0 Å². The molecule has 3 heterocycles. The molecule has 2 aromatic rings. The van der Waals surface area contributed by atoms with Crippen molar-refractivity contribution in [3.8, 4) is 0 Å². The molecule has 1 saturated heterocycles. The molecule has 0 N–H and O–H groups in total. The van der Waals surface area contributed by atoms with Crippen LogP contribution in [0.2, 0.25) is 0 Å². The molecule has 2 atom stereocenters. The van der Waals surface area contributed by atoms with Crippen LogP contribution in [0, 0.1) is 0 Å². The second kappa shape index (κ2) is 3.56. The molecule has 4 rings (SSSR count). The van der Waals surface area contributed by atoms with Gasteiger partial charge in [0.2, 0.25) is 0 Å². The predicted molar refractivity (Wildman–Crippen MR) is 68.9 cm³/mol. The summed E-state index contributed by atoms with van der Waals surface area (Å²) in [6.45, 7) is 5.27. The highest BCUT2D eigenvalue weighted by Gasteiger charge is 2.43. The molecule has 1 fully saturated rings. The number of hydroxylamine groups is 2. The van der Waals surface area contributed by atoms with Crippen LogP contribution in [0.5, 0.6) is 0 Å². The van der Waals surface area contributed by atoms with E-state index in [1.54, 1.807) is 0 Å². The Balaban J connectivity index is 1.90. The fourth-order valence-corrected chi connectivity index (χ4v) is 3.19. The lowest BCUT2D eigenvalue weighted by Gasteiger charge is -2.25. The Morgan fingerprint density at radius 2 is 2.17 bits per heavy atom. The first-order valence-electron chi connectivity index (χ1n) is 6.64. The van der Waals surface area contributed by atoms with Crippen LogP contribution < -0.4 is 0 Å². The molecule has 4 heteroatoms. The Kier molecular flexibility index (Phi) is 2.08. The molecule has 0 saturated carbocycles. The van der Waals surface area contributed by atoms with Crippen molar-refractivity contribution in [3.05, 3.63) is 30.1 Å². The quantitative estimate of drug-likeness (QED) is 0.771. The molecule has 4 nitrogen and oxygen atoms in total. The van der Waals surface area contributed by atoms with Crippen molar-refractivity contribution >= 4 is 11.0 Å². The monoisotopic (exact) mass is 243 g/mol. The Labute approximate surface area is 106 Å². The van der Waals surface area contributed by atoms with Gasteiger partial charge in [0.05, 0.1) is 29.7 Å². The van der Waals surface area contributed by atoms with Gasteiger partial charge in [-0.1, -0.05) is 12.1 Å². The summed E-state index contributed by atoms with van der Waals surface area (Å²) in [6.07, 6.45) is 1.38. The summed E-state index contributed by atoms with van der Waals surface area (Å²) in [5.74, 6) is 1.17. The molecule has 18 heavy (non-hydrogen) atoms. The maximum Gasteiger partial charge on any atom is 0.129 e. The summed E-state index contributed by atoms with van der Waals surface area (Å²) in [4.78, 5) is 10.8. The van der Waals surface area contributed by atoms with Gasteiger partial charge in [0.15, 0.2) is 0 Å². The van der Waals surface area contributed by atoms with Crippen molar-refractivity contribution in [3.63, 3.8) is 0 Å². The van der Waals surface area contributed by atoms with E-state index in [0.717, 1.165) is 18.5 Å². The molecule has 1 aromatic carbocycles. The topological polar surface area (TPSA) is 30.3 Å². The van der Waals surface area contributed by atoms with Gasteiger partial charge in [-0.3, -0.25) is 4.84 Å². The van der Waals surface area contributed by atoms with Gasteiger partial charge in [0.1, 0.15) is 5.82 Å². The average Bonchev–Trinajstić information content (AvgIpc) is 2.90. The first kappa shape index (κ1) is 10.5. The normalized spacial score (nSPS) is 27.1.